The van der Waals surface area contributed by atoms with Crippen LogP contribution in [0.4, 0.5) is 13.2 Å². The zero-order valence-corrected chi connectivity index (χ0v) is 19.7. The molecule has 0 fully saturated rings. The Bertz CT molecular complexity index is 1380. The maximum absolute atomic E-state index is 13.3. The lowest BCUT2D eigenvalue weighted by atomic mass is 10.0. The van der Waals surface area contributed by atoms with Gasteiger partial charge in [0.1, 0.15) is 23.8 Å². The van der Waals surface area contributed by atoms with Gasteiger partial charge in [0.2, 0.25) is 0 Å². The minimum absolute atomic E-state index is 0.160. The van der Waals surface area contributed by atoms with Crippen LogP contribution in [-0.2, 0) is 18.6 Å². The Morgan fingerprint density at radius 3 is 2.81 bits per heavy atom. The van der Waals surface area contributed by atoms with E-state index in [4.69, 9.17) is 9.84 Å². The van der Waals surface area contributed by atoms with Gasteiger partial charge in [0, 0.05) is 37.0 Å². The van der Waals surface area contributed by atoms with E-state index >= 15 is 0 Å². The first-order valence-corrected chi connectivity index (χ1v) is 11.4. The van der Waals surface area contributed by atoms with Gasteiger partial charge in [0.15, 0.2) is 11.3 Å². The molecule has 0 aromatic carbocycles. The van der Waals surface area contributed by atoms with E-state index in [9.17, 15) is 18.3 Å². The van der Waals surface area contributed by atoms with E-state index in [0.29, 0.717) is 5.56 Å². The molecular weight excluding hydrogens is 477 g/mol. The van der Waals surface area contributed by atoms with E-state index in [1.54, 1.807) is 12.3 Å². The first kappa shape index (κ1) is 24.1. The van der Waals surface area contributed by atoms with Gasteiger partial charge < -0.3 is 19.9 Å². The van der Waals surface area contributed by atoms with Crippen molar-refractivity contribution in [1.82, 2.24) is 29.7 Å². The maximum atomic E-state index is 13.3. The highest BCUT2D eigenvalue weighted by molar-refractivity contribution is 5.75. The summed E-state index contributed by atoms with van der Waals surface area (Å²) in [6.45, 7) is 2.48. The molecule has 9 nitrogen and oxygen atoms in total. The Balaban J connectivity index is 1.55. The molecule has 1 unspecified atom stereocenters. The molecule has 190 valence electrons. The topological polar surface area (TPSA) is 98.7 Å². The Hall–Kier alpha value is -3.64. The van der Waals surface area contributed by atoms with Crippen molar-refractivity contribution in [2.45, 2.75) is 39.0 Å². The Morgan fingerprint density at radius 1 is 1.22 bits per heavy atom. The third-order valence-corrected chi connectivity index (χ3v) is 6.18. The van der Waals surface area contributed by atoms with Gasteiger partial charge >= 0.3 is 6.61 Å². The van der Waals surface area contributed by atoms with Crippen LogP contribution in [0.2, 0.25) is 0 Å². The predicted octanol–water partition coefficient (Wildman–Crippen LogP) is 3.07. The number of rotatable bonds is 7. The molecule has 0 bridgehead atoms. The summed E-state index contributed by atoms with van der Waals surface area (Å²) >= 11 is 0. The van der Waals surface area contributed by atoms with Crippen molar-refractivity contribution >= 4 is 5.52 Å². The van der Waals surface area contributed by atoms with Crippen LogP contribution in [-0.4, -0.2) is 55.8 Å². The van der Waals surface area contributed by atoms with Gasteiger partial charge in [0.05, 0.1) is 30.3 Å². The molecule has 36 heavy (non-hydrogen) atoms. The number of nitrogens with zero attached hydrogens (tertiary/aromatic N) is 5. The first-order chi connectivity index (χ1) is 17.2. The zero-order chi connectivity index (χ0) is 25.4. The molecule has 0 amide bonds. The highest BCUT2D eigenvalue weighted by Gasteiger charge is 2.28. The second kappa shape index (κ2) is 9.43. The molecule has 2 N–H and O–H groups in total. The Morgan fingerprint density at radius 2 is 2.06 bits per heavy atom. The lowest BCUT2D eigenvalue weighted by molar-refractivity contribution is -0.0490. The van der Waals surface area contributed by atoms with Crippen LogP contribution in [0.5, 0.6) is 11.5 Å². The number of halogens is 3. The van der Waals surface area contributed by atoms with Crippen LogP contribution in [0.3, 0.4) is 0 Å². The van der Waals surface area contributed by atoms with Crippen LogP contribution in [0.1, 0.15) is 23.9 Å². The quantitative estimate of drug-likeness (QED) is 0.401. The average Bonchev–Trinajstić information content (AvgIpc) is 3.28. The molecular formula is C24H25F3N6O3. The number of alkyl halides is 2. The van der Waals surface area contributed by atoms with Crippen molar-refractivity contribution in [2.24, 2.45) is 0 Å². The zero-order valence-electron chi connectivity index (χ0n) is 19.7. The number of nitrogens with one attached hydrogen (secondary N) is 1. The third-order valence-electron chi connectivity index (χ3n) is 6.18. The van der Waals surface area contributed by atoms with Crippen LogP contribution < -0.4 is 14.8 Å². The molecule has 5 heterocycles. The molecule has 1 atom stereocenters. The summed E-state index contributed by atoms with van der Waals surface area (Å²) in [5.74, 6) is -0.552. The molecule has 4 aromatic heterocycles. The van der Waals surface area contributed by atoms with Crippen LogP contribution >= 0.6 is 0 Å². The first-order valence-electron chi connectivity index (χ1n) is 11.4. The van der Waals surface area contributed by atoms with Gasteiger partial charge in [-0.05, 0) is 37.6 Å². The van der Waals surface area contributed by atoms with Crippen molar-refractivity contribution in [2.75, 3.05) is 19.7 Å². The summed E-state index contributed by atoms with van der Waals surface area (Å²) in [5.41, 5.74) is 2.26. The molecule has 0 aliphatic carbocycles. The summed E-state index contributed by atoms with van der Waals surface area (Å²) in [5, 5.41) is 23.2. The molecule has 0 saturated heterocycles. The minimum atomic E-state index is -3.06. The molecule has 5 rings (SSSR count). The number of aliphatic hydroxyl groups is 1. The lowest BCUT2D eigenvalue weighted by Gasteiger charge is -2.23. The fourth-order valence-corrected chi connectivity index (χ4v) is 4.34. The molecule has 0 saturated carbocycles. The van der Waals surface area contributed by atoms with Gasteiger partial charge in [-0.25, -0.2) is 8.91 Å². The van der Waals surface area contributed by atoms with Crippen molar-refractivity contribution in [3.05, 3.63) is 59.6 Å². The monoisotopic (exact) mass is 502 g/mol. The number of pyridine rings is 2. The van der Waals surface area contributed by atoms with Crippen molar-refractivity contribution in [3.63, 3.8) is 0 Å². The normalized spacial score (nSPS) is 15.5. The van der Waals surface area contributed by atoms with Gasteiger partial charge in [-0.1, -0.05) is 0 Å². The largest absolute Gasteiger partial charge is 0.488 e. The molecule has 1 aliphatic heterocycles. The van der Waals surface area contributed by atoms with E-state index in [2.05, 4.69) is 20.1 Å². The number of hydrogen-bond donors (Lipinski definition) is 2. The number of fused-ring (bicyclic) bond motifs is 2. The van der Waals surface area contributed by atoms with E-state index in [0.717, 1.165) is 49.2 Å². The van der Waals surface area contributed by atoms with Gasteiger partial charge in [0.25, 0.3) is 0 Å². The second-order valence-corrected chi connectivity index (χ2v) is 8.84. The maximum Gasteiger partial charge on any atom is 0.387 e. The molecule has 4 aromatic rings. The average molecular weight is 502 g/mol. The summed E-state index contributed by atoms with van der Waals surface area (Å²) in [6.07, 6.45) is 4.67. The standard InChI is InChI=1S/C24H25F3N6O3/c1-14-17-5-6-28-7-8-32(17)31-21(14)15-9-18(22-19(36-23(26)27)11-30-33(22)12-15)35-13-24(2,34)20-4-3-16(25)10-29-20/h3-4,9-12,23,28,34H,5-8,13H2,1-2H3. The fourth-order valence-electron chi connectivity index (χ4n) is 4.34. The van der Waals surface area contributed by atoms with Crippen molar-refractivity contribution in [1.29, 1.82) is 0 Å². The third kappa shape index (κ3) is 4.61. The predicted molar refractivity (Wildman–Crippen MR) is 124 cm³/mol. The molecule has 12 heteroatoms. The minimum Gasteiger partial charge on any atom is -0.488 e. The van der Waals surface area contributed by atoms with Crippen molar-refractivity contribution in [3.8, 4) is 22.8 Å². The second-order valence-electron chi connectivity index (χ2n) is 8.84. The van der Waals surface area contributed by atoms with Gasteiger partial charge in [-0.15, -0.1) is 0 Å². The van der Waals surface area contributed by atoms with E-state index < -0.39 is 18.0 Å². The summed E-state index contributed by atoms with van der Waals surface area (Å²) < 4.78 is 53.4. The van der Waals surface area contributed by atoms with E-state index in [1.807, 2.05) is 11.6 Å². The number of aromatic nitrogens is 5. The Kier molecular flexibility index (Phi) is 6.31. The number of hydrogen-bond acceptors (Lipinski definition) is 7. The van der Waals surface area contributed by atoms with Crippen LogP contribution in [0.25, 0.3) is 16.8 Å². The summed E-state index contributed by atoms with van der Waals surface area (Å²) in [4.78, 5) is 3.93. The number of ether oxygens (including phenoxy) is 2. The van der Waals surface area contributed by atoms with E-state index in [1.165, 1.54) is 29.8 Å². The lowest BCUT2D eigenvalue weighted by Crippen LogP contribution is -2.30. The Labute approximate surface area is 204 Å². The highest BCUT2D eigenvalue weighted by Crippen LogP contribution is 2.36. The van der Waals surface area contributed by atoms with E-state index in [-0.39, 0.29) is 29.3 Å². The summed E-state index contributed by atoms with van der Waals surface area (Å²) in [6, 6.07) is 4.20. The highest BCUT2D eigenvalue weighted by atomic mass is 19.3. The van der Waals surface area contributed by atoms with Crippen LogP contribution in [0.15, 0.2) is 36.8 Å². The fraction of sp³-hybridized carbons (Fsp3) is 0.375. The van der Waals surface area contributed by atoms with Crippen molar-refractivity contribution < 1.29 is 27.8 Å². The summed E-state index contributed by atoms with van der Waals surface area (Å²) in [7, 11) is 0. The molecule has 0 spiro atoms. The van der Waals surface area contributed by atoms with Crippen LogP contribution in [0, 0.1) is 12.7 Å². The van der Waals surface area contributed by atoms with Gasteiger partial charge in [-0.2, -0.15) is 19.0 Å². The molecule has 1 aliphatic rings. The molecule has 0 radical (unpaired) electrons. The smallest absolute Gasteiger partial charge is 0.387 e. The van der Waals surface area contributed by atoms with Gasteiger partial charge in [-0.3, -0.25) is 9.67 Å². The SMILES string of the molecule is Cc1c(-c2cc(OCC(C)(O)c3ccc(F)cn3)c3c(OC(F)F)cnn3c2)nn2c1CCNCC2.